The quantitative estimate of drug-likeness (QED) is 0.516. The average molecular weight is 321 g/mol. The largest absolute Gasteiger partial charge is 0.377 e. The smallest absolute Gasteiger partial charge is 0.211 e. The van der Waals surface area contributed by atoms with Gasteiger partial charge in [0.25, 0.3) is 0 Å². The van der Waals surface area contributed by atoms with Crippen LogP contribution in [0.15, 0.2) is 0 Å². The summed E-state index contributed by atoms with van der Waals surface area (Å²) in [6, 6.07) is 0.0296. The monoisotopic (exact) mass is 321 g/mol. The molecule has 1 fully saturated rings. The Morgan fingerprint density at radius 3 is 2.48 bits per heavy atom. The fraction of sp³-hybridized carbons (Fsp3) is 1.00. The predicted molar refractivity (Wildman–Crippen MR) is 85.2 cm³/mol. The summed E-state index contributed by atoms with van der Waals surface area (Å²) < 4.78 is 30.8. The number of nitrogens with zero attached hydrogens (tertiary/aromatic N) is 1. The molecule has 0 radical (unpaired) electrons. The van der Waals surface area contributed by atoms with Gasteiger partial charge in [-0.1, -0.05) is 13.8 Å². The number of nitrogens with one attached hydrogen (secondary N) is 1. The summed E-state index contributed by atoms with van der Waals surface area (Å²) in [6.07, 6.45) is 5.81. The van der Waals surface area contributed by atoms with Crippen LogP contribution >= 0.6 is 0 Å². The molecule has 7 heteroatoms. The number of piperidine rings is 1. The van der Waals surface area contributed by atoms with Crippen LogP contribution in [0.2, 0.25) is 0 Å². The van der Waals surface area contributed by atoms with Crippen molar-refractivity contribution >= 4 is 10.0 Å². The molecule has 1 saturated heterocycles. The molecule has 0 amide bonds. The van der Waals surface area contributed by atoms with Crippen molar-refractivity contribution in [2.75, 3.05) is 26.5 Å². The molecule has 1 rings (SSSR count). The van der Waals surface area contributed by atoms with Gasteiger partial charge in [-0.25, -0.2) is 12.7 Å². The standard InChI is InChI=1S/C14H31N3O3S/c1-5-14(6-2,20-3)13(16-15)10-12-8-7-9-17(11-12)21(4,18)19/h12-13,16H,5-11,15H2,1-4H3. The number of hydrogen-bond donors (Lipinski definition) is 2. The van der Waals surface area contributed by atoms with Crippen LogP contribution in [0.25, 0.3) is 0 Å². The molecular weight excluding hydrogens is 290 g/mol. The maximum atomic E-state index is 11.7. The third-order valence-corrected chi connectivity index (χ3v) is 6.23. The van der Waals surface area contributed by atoms with E-state index in [1.807, 2.05) is 0 Å². The maximum absolute atomic E-state index is 11.7. The van der Waals surface area contributed by atoms with E-state index in [2.05, 4.69) is 19.3 Å². The molecule has 1 aliphatic heterocycles. The molecule has 0 bridgehead atoms. The predicted octanol–water partition coefficient (Wildman–Crippen LogP) is 1.09. The summed E-state index contributed by atoms with van der Waals surface area (Å²) in [5, 5.41) is 0. The van der Waals surface area contributed by atoms with E-state index in [4.69, 9.17) is 10.6 Å². The number of sulfonamides is 1. The lowest BCUT2D eigenvalue weighted by Crippen LogP contribution is -2.55. The minimum Gasteiger partial charge on any atom is -0.377 e. The molecule has 2 unspecified atom stereocenters. The Morgan fingerprint density at radius 2 is 2.05 bits per heavy atom. The van der Waals surface area contributed by atoms with Crippen LogP contribution in [0.5, 0.6) is 0 Å². The highest BCUT2D eigenvalue weighted by Gasteiger charge is 2.38. The molecule has 3 N–H and O–H groups in total. The summed E-state index contributed by atoms with van der Waals surface area (Å²) in [4.78, 5) is 0. The second-order valence-electron chi connectivity index (χ2n) is 6.06. The highest BCUT2D eigenvalue weighted by molar-refractivity contribution is 7.88. The number of hydrogen-bond acceptors (Lipinski definition) is 5. The molecule has 0 aromatic carbocycles. The molecule has 1 aliphatic rings. The van der Waals surface area contributed by atoms with Crippen LogP contribution < -0.4 is 11.3 Å². The molecule has 0 saturated carbocycles. The molecule has 0 aliphatic carbocycles. The van der Waals surface area contributed by atoms with Crippen LogP contribution in [0.1, 0.15) is 46.0 Å². The van der Waals surface area contributed by atoms with Crippen molar-refractivity contribution in [1.82, 2.24) is 9.73 Å². The molecule has 21 heavy (non-hydrogen) atoms. The second kappa shape index (κ2) is 7.87. The summed E-state index contributed by atoms with van der Waals surface area (Å²) in [5.74, 6) is 6.08. The molecule has 0 aromatic heterocycles. The van der Waals surface area contributed by atoms with E-state index in [0.29, 0.717) is 19.0 Å². The molecule has 126 valence electrons. The van der Waals surface area contributed by atoms with Crippen molar-refractivity contribution in [3.05, 3.63) is 0 Å². The first kappa shape index (κ1) is 18.8. The Labute approximate surface area is 129 Å². The summed E-state index contributed by atoms with van der Waals surface area (Å²) in [5.41, 5.74) is 2.61. The molecule has 2 atom stereocenters. The number of rotatable bonds is 8. The topological polar surface area (TPSA) is 84.7 Å². The van der Waals surface area contributed by atoms with Crippen LogP contribution in [0.4, 0.5) is 0 Å². The van der Waals surface area contributed by atoms with Crippen LogP contribution in [-0.4, -0.2) is 50.8 Å². The lowest BCUT2D eigenvalue weighted by Gasteiger charge is -2.41. The van der Waals surface area contributed by atoms with Gasteiger partial charge in [-0.2, -0.15) is 0 Å². The van der Waals surface area contributed by atoms with Crippen LogP contribution in [-0.2, 0) is 14.8 Å². The normalized spacial score (nSPS) is 23.2. The first-order chi connectivity index (χ1) is 9.82. The van der Waals surface area contributed by atoms with Gasteiger partial charge in [-0.3, -0.25) is 11.3 Å². The Morgan fingerprint density at radius 1 is 1.43 bits per heavy atom. The fourth-order valence-corrected chi connectivity index (χ4v) is 4.40. The SMILES string of the molecule is CCC(CC)(OC)C(CC1CCCN(S(C)(=O)=O)C1)NN. The Kier molecular flexibility index (Phi) is 7.06. The lowest BCUT2D eigenvalue weighted by atomic mass is 9.81. The minimum absolute atomic E-state index is 0.0296. The van der Waals surface area contributed by atoms with Crippen molar-refractivity contribution in [3.8, 4) is 0 Å². The van der Waals surface area contributed by atoms with Crippen molar-refractivity contribution in [1.29, 1.82) is 0 Å². The van der Waals surface area contributed by atoms with Crippen molar-refractivity contribution in [2.24, 2.45) is 11.8 Å². The highest BCUT2D eigenvalue weighted by Crippen LogP contribution is 2.31. The van der Waals surface area contributed by atoms with Crippen LogP contribution in [0, 0.1) is 5.92 Å². The number of hydrazine groups is 1. The van der Waals surface area contributed by atoms with Gasteiger partial charge in [0, 0.05) is 20.2 Å². The third kappa shape index (κ3) is 4.63. The van der Waals surface area contributed by atoms with Gasteiger partial charge in [0.05, 0.1) is 17.9 Å². The van der Waals surface area contributed by atoms with Crippen molar-refractivity contribution in [3.63, 3.8) is 0 Å². The minimum atomic E-state index is -3.10. The van der Waals surface area contributed by atoms with Crippen molar-refractivity contribution < 1.29 is 13.2 Å². The second-order valence-corrected chi connectivity index (χ2v) is 8.04. The maximum Gasteiger partial charge on any atom is 0.211 e. The zero-order chi connectivity index (χ0) is 16.1. The van der Waals surface area contributed by atoms with E-state index in [-0.39, 0.29) is 11.6 Å². The highest BCUT2D eigenvalue weighted by atomic mass is 32.2. The van der Waals surface area contributed by atoms with E-state index in [9.17, 15) is 8.42 Å². The number of nitrogens with two attached hydrogens (primary N) is 1. The number of ether oxygens (including phenoxy) is 1. The molecule has 0 spiro atoms. The molecular formula is C14H31N3O3S. The van der Waals surface area contributed by atoms with E-state index in [0.717, 1.165) is 32.1 Å². The number of methoxy groups -OCH3 is 1. The first-order valence-electron chi connectivity index (χ1n) is 7.79. The molecule has 0 aromatic rings. The summed E-state index contributed by atoms with van der Waals surface area (Å²) in [7, 11) is -1.38. The average Bonchev–Trinajstić information content (AvgIpc) is 2.47. The Bertz CT molecular complexity index is 401. The summed E-state index contributed by atoms with van der Waals surface area (Å²) >= 11 is 0. The summed E-state index contributed by atoms with van der Waals surface area (Å²) in [6.45, 7) is 5.42. The van der Waals surface area contributed by atoms with E-state index in [1.54, 1.807) is 11.4 Å². The van der Waals surface area contributed by atoms with Crippen molar-refractivity contribution in [2.45, 2.75) is 57.6 Å². The van der Waals surface area contributed by atoms with Gasteiger partial charge >= 0.3 is 0 Å². The van der Waals surface area contributed by atoms with Gasteiger partial charge in [-0.15, -0.1) is 0 Å². The Balaban J connectivity index is 2.77. The zero-order valence-electron chi connectivity index (χ0n) is 13.8. The van der Waals surface area contributed by atoms with E-state index >= 15 is 0 Å². The lowest BCUT2D eigenvalue weighted by molar-refractivity contribution is -0.0545. The fourth-order valence-electron chi connectivity index (χ4n) is 3.46. The first-order valence-corrected chi connectivity index (χ1v) is 9.64. The van der Waals surface area contributed by atoms with E-state index < -0.39 is 10.0 Å². The molecule has 1 heterocycles. The van der Waals surface area contributed by atoms with Gasteiger partial charge in [0.1, 0.15) is 0 Å². The third-order valence-electron chi connectivity index (χ3n) is 4.96. The molecule has 6 nitrogen and oxygen atoms in total. The van der Waals surface area contributed by atoms with Gasteiger partial charge in [-0.05, 0) is 38.0 Å². The van der Waals surface area contributed by atoms with Gasteiger partial charge in [0.2, 0.25) is 10.0 Å². The van der Waals surface area contributed by atoms with Gasteiger partial charge < -0.3 is 4.74 Å². The zero-order valence-corrected chi connectivity index (χ0v) is 14.6. The van der Waals surface area contributed by atoms with Crippen LogP contribution in [0.3, 0.4) is 0 Å². The van der Waals surface area contributed by atoms with E-state index in [1.165, 1.54) is 6.26 Å². The van der Waals surface area contributed by atoms with Gasteiger partial charge in [0.15, 0.2) is 0 Å². The Hall–Kier alpha value is -0.210.